The first-order chi connectivity index (χ1) is 8.13. The van der Waals surface area contributed by atoms with Gasteiger partial charge in [0.25, 0.3) is 0 Å². The van der Waals surface area contributed by atoms with Crippen molar-refractivity contribution in [1.82, 2.24) is 9.55 Å². The first-order valence-corrected chi connectivity index (χ1v) is 6.90. The van der Waals surface area contributed by atoms with Gasteiger partial charge in [-0.15, -0.1) is 0 Å². The van der Waals surface area contributed by atoms with E-state index in [-0.39, 0.29) is 6.04 Å². The Morgan fingerprint density at radius 2 is 2.24 bits per heavy atom. The van der Waals surface area contributed by atoms with E-state index in [0.717, 1.165) is 24.8 Å². The van der Waals surface area contributed by atoms with E-state index in [2.05, 4.69) is 36.5 Å². The predicted molar refractivity (Wildman–Crippen MR) is 70.8 cm³/mol. The van der Waals surface area contributed by atoms with E-state index < -0.39 is 0 Å². The van der Waals surface area contributed by atoms with Gasteiger partial charge < -0.3 is 10.3 Å². The van der Waals surface area contributed by atoms with Crippen LogP contribution in [0.25, 0.3) is 0 Å². The number of aromatic nitrogens is 2. The Hall–Kier alpha value is -0.830. The van der Waals surface area contributed by atoms with Crippen LogP contribution in [0.5, 0.6) is 0 Å². The van der Waals surface area contributed by atoms with Gasteiger partial charge in [0.1, 0.15) is 5.82 Å². The summed E-state index contributed by atoms with van der Waals surface area (Å²) in [4.78, 5) is 4.54. The first-order valence-electron chi connectivity index (χ1n) is 6.90. The van der Waals surface area contributed by atoms with Crippen molar-refractivity contribution in [3.63, 3.8) is 0 Å². The molecule has 17 heavy (non-hydrogen) atoms. The molecule has 3 unspecified atom stereocenters. The van der Waals surface area contributed by atoms with Crippen molar-refractivity contribution in [2.24, 2.45) is 17.6 Å². The molecule has 2 N–H and O–H groups in total. The van der Waals surface area contributed by atoms with Crippen molar-refractivity contribution in [2.45, 2.75) is 58.5 Å². The maximum atomic E-state index is 6.30. The maximum Gasteiger partial charge on any atom is 0.113 e. The van der Waals surface area contributed by atoms with Gasteiger partial charge in [-0.25, -0.2) is 4.98 Å². The fourth-order valence-corrected chi connectivity index (χ4v) is 3.05. The predicted octanol–water partition coefficient (Wildman–Crippen LogP) is 2.77. The molecule has 0 amide bonds. The number of hydrogen-bond acceptors (Lipinski definition) is 2. The van der Waals surface area contributed by atoms with Crippen molar-refractivity contribution in [1.29, 1.82) is 0 Å². The third-order valence-corrected chi connectivity index (χ3v) is 4.31. The van der Waals surface area contributed by atoms with Crippen LogP contribution in [0.3, 0.4) is 0 Å². The molecule has 96 valence electrons. The van der Waals surface area contributed by atoms with Crippen LogP contribution in [0.1, 0.15) is 51.8 Å². The van der Waals surface area contributed by atoms with Crippen LogP contribution in [0.2, 0.25) is 0 Å². The minimum atomic E-state index is 0.290. The summed E-state index contributed by atoms with van der Waals surface area (Å²) in [5, 5.41) is 0. The highest BCUT2D eigenvalue weighted by Crippen LogP contribution is 2.38. The van der Waals surface area contributed by atoms with Crippen molar-refractivity contribution < 1.29 is 0 Å². The topological polar surface area (TPSA) is 43.8 Å². The van der Waals surface area contributed by atoms with Crippen molar-refractivity contribution in [2.75, 3.05) is 0 Å². The summed E-state index contributed by atoms with van der Waals surface area (Å²) in [5.74, 6) is 3.22. The third-order valence-electron chi connectivity index (χ3n) is 4.31. The van der Waals surface area contributed by atoms with Gasteiger partial charge in [-0.1, -0.05) is 13.8 Å². The maximum absolute atomic E-state index is 6.30. The molecule has 0 spiro atoms. The van der Waals surface area contributed by atoms with Crippen LogP contribution in [0.4, 0.5) is 0 Å². The first kappa shape index (κ1) is 12.6. The van der Waals surface area contributed by atoms with Gasteiger partial charge in [-0.2, -0.15) is 0 Å². The number of imidazole rings is 1. The molecule has 2 rings (SSSR count). The lowest BCUT2D eigenvalue weighted by Gasteiger charge is -2.35. The lowest BCUT2D eigenvalue weighted by molar-refractivity contribution is 0.225. The van der Waals surface area contributed by atoms with E-state index in [4.69, 9.17) is 5.73 Å². The number of nitrogens with zero attached hydrogens (tertiary/aromatic N) is 2. The van der Waals surface area contributed by atoms with Gasteiger partial charge >= 0.3 is 0 Å². The largest absolute Gasteiger partial charge is 0.335 e. The Bertz CT molecular complexity index is 356. The SMILES string of the molecule is CCn1ccnc1C1CC(C(C)C)CCC1N. The molecule has 0 bridgehead atoms. The number of rotatable bonds is 3. The highest BCUT2D eigenvalue weighted by molar-refractivity contribution is 5.07. The van der Waals surface area contributed by atoms with Gasteiger partial charge in [-0.3, -0.25) is 0 Å². The molecular weight excluding hydrogens is 210 g/mol. The minimum Gasteiger partial charge on any atom is -0.335 e. The quantitative estimate of drug-likeness (QED) is 0.875. The molecule has 1 aromatic rings. The van der Waals surface area contributed by atoms with E-state index in [9.17, 15) is 0 Å². The highest BCUT2D eigenvalue weighted by atomic mass is 15.1. The molecule has 1 saturated carbocycles. The van der Waals surface area contributed by atoms with Crippen LogP contribution < -0.4 is 5.73 Å². The lowest BCUT2D eigenvalue weighted by atomic mass is 9.73. The molecule has 0 aliphatic heterocycles. The molecule has 0 saturated heterocycles. The summed E-state index contributed by atoms with van der Waals surface area (Å²) >= 11 is 0. The smallest absolute Gasteiger partial charge is 0.113 e. The average molecular weight is 235 g/mol. The molecule has 3 nitrogen and oxygen atoms in total. The number of hydrogen-bond donors (Lipinski definition) is 1. The van der Waals surface area contributed by atoms with Crippen LogP contribution in [-0.2, 0) is 6.54 Å². The summed E-state index contributed by atoms with van der Waals surface area (Å²) in [5.41, 5.74) is 6.30. The number of aryl methyl sites for hydroxylation is 1. The molecule has 1 aliphatic rings. The van der Waals surface area contributed by atoms with E-state index in [1.54, 1.807) is 0 Å². The molecule has 1 aromatic heterocycles. The minimum absolute atomic E-state index is 0.290. The van der Waals surface area contributed by atoms with Crippen LogP contribution in [-0.4, -0.2) is 15.6 Å². The molecule has 1 fully saturated rings. The van der Waals surface area contributed by atoms with Crippen molar-refractivity contribution in [3.8, 4) is 0 Å². The lowest BCUT2D eigenvalue weighted by Crippen LogP contribution is -2.37. The Kier molecular flexibility index (Phi) is 3.87. The molecule has 3 atom stereocenters. The van der Waals surface area contributed by atoms with Gasteiger partial charge in [-0.05, 0) is 38.0 Å². The van der Waals surface area contributed by atoms with Gasteiger partial charge in [0.15, 0.2) is 0 Å². The summed E-state index contributed by atoms with van der Waals surface area (Å²) in [7, 11) is 0. The van der Waals surface area contributed by atoms with E-state index in [1.165, 1.54) is 18.7 Å². The summed E-state index contributed by atoms with van der Waals surface area (Å²) < 4.78 is 2.24. The highest BCUT2D eigenvalue weighted by Gasteiger charge is 2.32. The number of nitrogens with two attached hydrogens (primary N) is 1. The van der Waals surface area contributed by atoms with Gasteiger partial charge in [0.05, 0.1) is 0 Å². The Morgan fingerprint density at radius 1 is 1.47 bits per heavy atom. The second-order valence-corrected chi connectivity index (χ2v) is 5.66. The van der Waals surface area contributed by atoms with Crippen molar-refractivity contribution in [3.05, 3.63) is 18.2 Å². The molecule has 0 radical (unpaired) electrons. The molecule has 3 heteroatoms. The Labute approximate surface area is 104 Å². The Balaban J connectivity index is 2.18. The van der Waals surface area contributed by atoms with E-state index >= 15 is 0 Å². The summed E-state index contributed by atoms with van der Waals surface area (Å²) in [6.07, 6.45) is 7.60. The normalized spacial score (nSPS) is 29.8. The molecule has 1 aliphatic carbocycles. The summed E-state index contributed by atoms with van der Waals surface area (Å²) in [6.45, 7) is 7.81. The van der Waals surface area contributed by atoms with E-state index in [0.29, 0.717) is 5.92 Å². The molecule has 0 aromatic carbocycles. The monoisotopic (exact) mass is 235 g/mol. The summed E-state index contributed by atoms with van der Waals surface area (Å²) in [6, 6.07) is 0.290. The zero-order chi connectivity index (χ0) is 12.4. The Morgan fingerprint density at radius 3 is 2.88 bits per heavy atom. The second-order valence-electron chi connectivity index (χ2n) is 5.66. The fourth-order valence-electron chi connectivity index (χ4n) is 3.05. The van der Waals surface area contributed by atoms with E-state index in [1.807, 2.05) is 6.20 Å². The molecular formula is C14H25N3. The third kappa shape index (κ3) is 2.54. The standard InChI is InChI=1S/C14H25N3/c1-4-17-8-7-16-14(17)12-9-11(10(2)3)5-6-13(12)15/h7-8,10-13H,4-6,9,15H2,1-3H3. The van der Waals surface area contributed by atoms with Crippen molar-refractivity contribution >= 4 is 0 Å². The zero-order valence-electron chi connectivity index (χ0n) is 11.3. The second kappa shape index (κ2) is 5.21. The zero-order valence-corrected chi connectivity index (χ0v) is 11.3. The average Bonchev–Trinajstić information content (AvgIpc) is 2.77. The van der Waals surface area contributed by atoms with Crippen LogP contribution >= 0.6 is 0 Å². The molecule has 1 heterocycles. The van der Waals surface area contributed by atoms with Crippen LogP contribution in [0, 0.1) is 11.8 Å². The van der Waals surface area contributed by atoms with Gasteiger partial charge in [0, 0.05) is 30.9 Å². The van der Waals surface area contributed by atoms with Crippen LogP contribution in [0.15, 0.2) is 12.4 Å². The fraction of sp³-hybridized carbons (Fsp3) is 0.786. The van der Waals surface area contributed by atoms with Gasteiger partial charge in [0.2, 0.25) is 0 Å².